The van der Waals surface area contributed by atoms with Gasteiger partial charge in [0.1, 0.15) is 6.54 Å². The molecule has 0 aliphatic carbocycles. The van der Waals surface area contributed by atoms with Crippen molar-refractivity contribution >= 4 is 18.0 Å². The van der Waals surface area contributed by atoms with Crippen LogP contribution in [0, 0.1) is 5.92 Å². The van der Waals surface area contributed by atoms with Crippen molar-refractivity contribution < 1.29 is 24.2 Å². The Balaban J connectivity index is 2.70. The minimum absolute atomic E-state index is 0.179. The summed E-state index contributed by atoms with van der Waals surface area (Å²) in [6, 6.07) is -0.298. The molecular formula is C14H24N2O5. The van der Waals surface area contributed by atoms with Crippen molar-refractivity contribution in [2.24, 2.45) is 5.92 Å². The normalized spacial score (nSPS) is 16.5. The smallest absolute Gasteiger partial charge is 0.323 e. The number of rotatable bonds is 3. The lowest BCUT2D eigenvalue weighted by Gasteiger charge is -2.40. The Morgan fingerprint density at radius 2 is 1.76 bits per heavy atom. The number of carboxylic acid groups (broad SMARTS) is 1. The first kappa shape index (κ1) is 17.3. The zero-order valence-corrected chi connectivity index (χ0v) is 13.1. The van der Waals surface area contributed by atoms with Crippen LogP contribution >= 0.6 is 0 Å². The topological polar surface area (TPSA) is 87.2 Å². The Kier molecular flexibility index (Phi) is 5.57. The molecule has 0 spiro atoms. The molecule has 120 valence electrons. The molecule has 0 unspecified atom stereocenters. The van der Waals surface area contributed by atoms with Crippen LogP contribution in [-0.4, -0.2) is 65.2 Å². The Labute approximate surface area is 124 Å². The van der Waals surface area contributed by atoms with Gasteiger partial charge < -0.3 is 19.6 Å². The molecule has 0 aromatic rings. The highest BCUT2D eigenvalue weighted by molar-refractivity contribution is 5.81. The lowest BCUT2D eigenvalue weighted by atomic mass is 9.97. The number of carbonyl (C=O) groups excluding carboxylic acids is 2. The lowest BCUT2D eigenvalue weighted by Crippen LogP contribution is -2.55. The van der Waals surface area contributed by atoms with Gasteiger partial charge in [-0.05, 0) is 33.6 Å². The fourth-order valence-electron chi connectivity index (χ4n) is 2.37. The summed E-state index contributed by atoms with van der Waals surface area (Å²) in [6.07, 6.45) is 1.09. The molecule has 0 saturated carbocycles. The van der Waals surface area contributed by atoms with Gasteiger partial charge in [-0.1, -0.05) is 0 Å². The van der Waals surface area contributed by atoms with Crippen LogP contribution in [0.4, 0.5) is 4.79 Å². The second-order valence-corrected chi connectivity index (χ2v) is 6.22. The average molecular weight is 300 g/mol. The molecule has 0 aromatic carbocycles. The van der Waals surface area contributed by atoms with Crippen molar-refractivity contribution in [1.29, 1.82) is 0 Å². The van der Waals surface area contributed by atoms with Crippen LogP contribution in [0.25, 0.3) is 0 Å². The van der Waals surface area contributed by atoms with Gasteiger partial charge in [-0.25, -0.2) is 4.79 Å². The van der Waals surface area contributed by atoms with Crippen LogP contribution in [-0.2, 0) is 14.3 Å². The second kappa shape index (κ2) is 6.78. The number of amides is 2. The van der Waals surface area contributed by atoms with E-state index in [0.29, 0.717) is 25.9 Å². The van der Waals surface area contributed by atoms with Crippen molar-refractivity contribution in [1.82, 2.24) is 9.80 Å². The molecule has 21 heavy (non-hydrogen) atoms. The summed E-state index contributed by atoms with van der Waals surface area (Å²) in [5, 5.41) is 8.97. The fraction of sp³-hybridized carbons (Fsp3) is 0.786. The summed E-state index contributed by atoms with van der Waals surface area (Å²) in [4.78, 5) is 37.9. The first-order valence-corrected chi connectivity index (χ1v) is 7.03. The third-order valence-corrected chi connectivity index (χ3v) is 3.63. The molecule has 1 aliphatic rings. The summed E-state index contributed by atoms with van der Waals surface area (Å²) in [5.74, 6) is -1.47. The zero-order chi connectivity index (χ0) is 16.2. The van der Waals surface area contributed by atoms with Gasteiger partial charge in [-0.3, -0.25) is 9.59 Å². The van der Waals surface area contributed by atoms with Gasteiger partial charge >= 0.3 is 18.0 Å². The van der Waals surface area contributed by atoms with E-state index in [1.54, 1.807) is 25.7 Å². The molecule has 0 atom stereocenters. The van der Waals surface area contributed by atoms with E-state index in [9.17, 15) is 14.4 Å². The molecule has 0 radical (unpaired) electrons. The van der Waals surface area contributed by atoms with Crippen LogP contribution in [0.15, 0.2) is 0 Å². The van der Waals surface area contributed by atoms with Gasteiger partial charge in [0.25, 0.3) is 0 Å². The van der Waals surface area contributed by atoms with E-state index in [2.05, 4.69) is 0 Å². The third-order valence-electron chi connectivity index (χ3n) is 3.63. The maximum atomic E-state index is 12.5. The summed E-state index contributed by atoms with van der Waals surface area (Å²) >= 11 is 0. The van der Waals surface area contributed by atoms with E-state index in [1.165, 1.54) is 12.0 Å². The number of carbonyl (C=O) groups is 3. The number of urea groups is 1. The Hall–Kier alpha value is -1.79. The molecule has 7 nitrogen and oxygen atoms in total. The predicted molar refractivity (Wildman–Crippen MR) is 75.8 cm³/mol. The van der Waals surface area contributed by atoms with Crippen molar-refractivity contribution in [3.8, 4) is 0 Å². The Morgan fingerprint density at radius 3 is 2.14 bits per heavy atom. The van der Waals surface area contributed by atoms with Crippen LogP contribution in [0.3, 0.4) is 0 Å². The van der Waals surface area contributed by atoms with E-state index in [4.69, 9.17) is 9.84 Å². The van der Waals surface area contributed by atoms with Crippen molar-refractivity contribution in [2.75, 3.05) is 26.7 Å². The number of hydrogen-bond donors (Lipinski definition) is 1. The molecular weight excluding hydrogens is 276 g/mol. The molecule has 1 N–H and O–H groups in total. The van der Waals surface area contributed by atoms with Crippen molar-refractivity contribution in [2.45, 2.75) is 39.2 Å². The molecule has 2 amide bonds. The van der Waals surface area contributed by atoms with E-state index < -0.39 is 11.5 Å². The molecule has 1 fully saturated rings. The summed E-state index contributed by atoms with van der Waals surface area (Å²) < 4.78 is 4.71. The maximum Gasteiger partial charge on any atom is 0.323 e. The van der Waals surface area contributed by atoms with E-state index in [-0.39, 0.29) is 24.5 Å². The maximum absolute atomic E-state index is 12.5. The van der Waals surface area contributed by atoms with Gasteiger partial charge in [-0.2, -0.15) is 0 Å². The quantitative estimate of drug-likeness (QED) is 0.791. The highest BCUT2D eigenvalue weighted by Crippen LogP contribution is 2.22. The number of likely N-dealkylation sites (tertiary alicyclic amines) is 1. The Morgan fingerprint density at radius 1 is 1.24 bits per heavy atom. The lowest BCUT2D eigenvalue weighted by molar-refractivity contribution is -0.146. The van der Waals surface area contributed by atoms with Crippen LogP contribution < -0.4 is 0 Å². The number of nitrogens with zero attached hydrogens (tertiary/aromatic N) is 2. The van der Waals surface area contributed by atoms with Gasteiger partial charge in [0.2, 0.25) is 0 Å². The highest BCUT2D eigenvalue weighted by atomic mass is 16.5. The van der Waals surface area contributed by atoms with Gasteiger partial charge in [-0.15, -0.1) is 0 Å². The van der Waals surface area contributed by atoms with Crippen molar-refractivity contribution in [3.05, 3.63) is 0 Å². The molecule has 7 heteroatoms. The number of carboxylic acids is 1. The SMILES string of the molecule is COC(=O)C1CCN(C(=O)N(CC(=O)O)C(C)(C)C)CC1. The number of esters is 1. The van der Waals surface area contributed by atoms with Crippen molar-refractivity contribution in [3.63, 3.8) is 0 Å². The molecule has 0 bridgehead atoms. The van der Waals surface area contributed by atoms with E-state index in [0.717, 1.165) is 0 Å². The summed E-state index contributed by atoms with van der Waals surface area (Å²) in [7, 11) is 1.36. The van der Waals surface area contributed by atoms with Gasteiger partial charge in [0.15, 0.2) is 0 Å². The zero-order valence-electron chi connectivity index (χ0n) is 13.1. The molecule has 1 rings (SSSR count). The first-order valence-electron chi connectivity index (χ1n) is 7.03. The number of ether oxygens (including phenoxy) is 1. The second-order valence-electron chi connectivity index (χ2n) is 6.22. The molecule has 0 aromatic heterocycles. The molecule has 1 aliphatic heterocycles. The summed E-state index contributed by atoms with van der Waals surface area (Å²) in [6.45, 7) is 5.94. The number of methoxy groups -OCH3 is 1. The molecule has 1 saturated heterocycles. The van der Waals surface area contributed by atoms with Gasteiger partial charge in [0, 0.05) is 18.6 Å². The summed E-state index contributed by atoms with van der Waals surface area (Å²) in [5.41, 5.74) is -0.575. The number of aliphatic carboxylic acids is 1. The van der Waals surface area contributed by atoms with Crippen LogP contribution in [0.5, 0.6) is 0 Å². The standard InChI is InChI=1S/C14H24N2O5/c1-14(2,3)16(9-11(17)18)13(20)15-7-5-10(6-8-15)12(19)21-4/h10H,5-9H2,1-4H3,(H,17,18). The van der Waals surface area contributed by atoms with Gasteiger partial charge in [0.05, 0.1) is 13.0 Å². The first-order chi connectivity index (χ1) is 9.66. The molecule has 1 heterocycles. The predicted octanol–water partition coefficient (Wildman–Crippen LogP) is 1.18. The minimum Gasteiger partial charge on any atom is -0.480 e. The largest absolute Gasteiger partial charge is 0.480 e. The number of piperidine rings is 1. The van der Waals surface area contributed by atoms with Crippen LogP contribution in [0.2, 0.25) is 0 Å². The monoisotopic (exact) mass is 300 g/mol. The highest BCUT2D eigenvalue weighted by Gasteiger charge is 2.34. The fourth-order valence-corrected chi connectivity index (χ4v) is 2.37. The average Bonchev–Trinajstić information content (AvgIpc) is 2.42. The Bertz CT molecular complexity index is 408. The van der Waals surface area contributed by atoms with E-state index >= 15 is 0 Å². The number of hydrogen-bond acceptors (Lipinski definition) is 4. The third kappa shape index (κ3) is 4.61. The minimum atomic E-state index is -1.04. The van der Waals surface area contributed by atoms with E-state index in [1.807, 2.05) is 0 Å². The van der Waals surface area contributed by atoms with Crippen LogP contribution in [0.1, 0.15) is 33.6 Å².